The fraction of sp³-hybridized carbons (Fsp3) is 0.250. The summed E-state index contributed by atoms with van der Waals surface area (Å²) in [7, 11) is 0. The van der Waals surface area contributed by atoms with E-state index in [4.69, 9.17) is 19.4 Å². The highest BCUT2D eigenvalue weighted by atomic mass is 32.2. The molecule has 2 aromatic heterocycles. The van der Waals surface area contributed by atoms with Crippen LogP contribution in [0.3, 0.4) is 0 Å². The van der Waals surface area contributed by atoms with Gasteiger partial charge in [-0.3, -0.25) is 0 Å². The third kappa shape index (κ3) is 3.24. The molecule has 1 aliphatic carbocycles. The maximum atomic E-state index is 5.54. The van der Waals surface area contributed by atoms with Crippen molar-refractivity contribution in [3.63, 3.8) is 0 Å². The minimum Gasteiger partial charge on any atom is -0.454 e. The Morgan fingerprint density at radius 1 is 0.933 bits per heavy atom. The monoisotopic (exact) mass is 432 g/mol. The zero-order valence-corrected chi connectivity index (χ0v) is 18.0. The Bertz CT molecular complexity index is 1240. The van der Waals surface area contributed by atoms with Crippen LogP contribution in [0.1, 0.15) is 28.8 Å². The van der Waals surface area contributed by atoms with Crippen LogP contribution in [0.4, 0.5) is 0 Å². The van der Waals surface area contributed by atoms with Crippen molar-refractivity contribution in [2.75, 3.05) is 6.79 Å². The summed E-state index contributed by atoms with van der Waals surface area (Å²) in [6, 6.07) is 16.5. The van der Waals surface area contributed by atoms with Crippen LogP contribution >= 0.6 is 23.1 Å². The van der Waals surface area contributed by atoms with E-state index in [1.165, 1.54) is 40.7 Å². The number of benzene rings is 2. The lowest BCUT2D eigenvalue weighted by atomic mass is 9.97. The number of hydrogen-bond donors (Lipinski definition) is 0. The third-order valence-corrected chi connectivity index (χ3v) is 7.86. The average molecular weight is 433 g/mol. The zero-order valence-electron chi connectivity index (χ0n) is 16.4. The number of thiophene rings is 1. The average Bonchev–Trinajstić information content (AvgIpc) is 3.41. The quantitative estimate of drug-likeness (QED) is 0.281. The Labute approximate surface area is 183 Å². The topological polar surface area (TPSA) is 44.2 Å². The second kappa shape index (κ2) is 7.60. The normalized spacial score (nSPS) is 14.8. The van der Waals surface area contributed by atoms with E-state index in [0.29, 0.717) is 6.79 Å². The molecule has 4 nitrogen and oxygen atoms in total. The molecule has 0 fully saturated rings. The molecule has 150 valence electrons. The van der Waals surface area contributed by atoms with E-state index < -0.39 is 0 Å². The van der Waals surface area contributed by atoms with Crippen LogP contribution in [-0.4, -0.2) is 16.8 Å². The highest BCUT2D eigenvalue weighted by molar-refractivity contribution is 7.98. The van der Waals surface area contributed by atoms with Gasteiger partial charge in [0.1, 0.15) is 9.86 Å². The fourth-order valence-electron chi connectivity index (χ4n) is 4.13. The van der Waals surface area contributed by atoms with Crippen LogP contribution in [0.25, 0.3) is 21.6 Å². The summed E-state index contributed by atoms with van der Waals surface area (Å²) in [5.41, 5.74) is 3.76. The summed E-state index contributed by atoms with van der Waals surface area (Å²) in [5.74, 6) is 3.31. The van der Waals surface area contributed by atoms with Crippen molar-refractivity contribution in [2.45, 2.75) is 36.5 Å². The smallest absolute Gasteiger partial charge is 0.231 e. The lowest BCUT2D eigenvalue weighted by Crippen LogP contribution is -2.00. The second-order valence-electron chi connectivity index (χ2n) is 7.59. The molecule has 30 heavy (non-hydrogen) atoms. The highest BCUT2D eigenvalue weighted by Gasteiger charge is 2.22. The lowest BCUT2D eigenvalue weighted by Gasteiger charge is -2.12. The maximum Gasteiger partial charge on any atom is 0.231 e. The summed E-state index contributed by atoms with van der Waals surface area (Å²) in [6.45, 7) is 0.305. The van der Waals surface area contributed by atoms with E-state index in [2.05, 4.69) is 24.3 Å². The van der Waals surface area contributed by atoms with Crippen LogP contribution in [0, 0.1) is 0 Å². The third-order valence-electron chi connectivity index (χ3n) is 5.63. The van der Waals surface area contributed by atoms with Gasteiger partial charge in [0.2, 0.25) is 6.79 Å². The van der Waals surface area contributed by atoms with Gasteiger partial charge in [-0.1, -0.05) is 36.4 Å². The van der Waals surface area contributed by atoms with Gasteiger partial charge in [-0.05, 0) is 48.9 Å². The van der Waals surface area contributed by atoms with Gasteiger partial charge >= 0.3 is 0 Å². The summed E-state index contributed by atoms with van der Waals surface area (Å²) in [4.78, 5) is 12.6. The molecule has 0 radical (unpaired) electrons. The van der Waals surface area contributed by atoms with Crippen LogP contribution < -0.4 is 9.47 Å². The molecule has 0 saturated carbocycles. The van der Waals surface area contributed by atoms with Gasteiger partial charge in [0.15, 0.2) is 17.3 Å². The number of aromatic nitrogens is 2. The van der Waals surface area contributed by atoms with E-state index >= 15 is 0 Å². The minimum absolute atomic E-state index is 0.305. The standard InChI is InChI=1S/C24H20N2O2S2/c1-2-6-16(7-3-1)22-25-23(21-17-8-4-5-9-20(17)30-24(21)26-22)29-13-15-10-11-18-19(12-15)28-14-27-18/h1-3,6-7,10-12H,4-5,8-9,13-14H2. The largest absolute Gasteiger partial charge is 0.454 e. The van der Waals surface area contributed by atoms with Gasteiger partial charge in [-0.15, -0.1) is 23.1 Å². The molecule has 1 aliphatic heterocycles. The first-order valence-electron chi connectivity index (χ1n) is 10.2. The molecular formula is C24H20N2O2S2. The number of fused-ring (bicyclic) bond motifs is 4. The van der Waals surface area contributed by atoms with Crippen molar-refractivity contribution in [3.05, 3.63) is 64.5 Å². The van der Waals surface area contributed by atoms with E-state index in [-0.39, 0.29) is 0 Å². The molecule has 4 aromatic rings. The summed E-state index contributed by atoms with van der Waals surface area (Å²) < 4.78 is 11.0. The number of aryl methyl sites for hydroxylation is 2. The van der Waals surface area contributed by atoms with Gasteiger partial charge in [0.25, 0.3) is 0 Å². The van der Waals surface area contributed by atoms with Crippen molar-refractivity contribution in [1.82, 2.24) is 9.97 Å². The fourth-order valence-corrected chi connectivity index (χ4v) is 6.45. The van der Waals surface area contributed by atoms with Crippen LogP contribution in [0.2, 0.25) is 0 Å². The number of rotatable bonds is 4. The van der Waals surface area contributed by atoms with Crippen LogP contribution in [-0.2, 0) is 18.6 Å². The predicted octanol–water partition coefficient (Wildman–Crippen LogP) is 6.26. The molecular weight excluding hydrogens is 412 g/mol. The molecule has 0 saturated heterocycles. The first-order chi connectivity index (χ1) is 14.8. The lowest BCUT2D eigenvalue weighted by molar-refractivity contribution is 0.174. The second-order valence-corrected chi connectivity index (χ2v) is 9.63. The van der Waals surface area contributed by atoms with Crippen molar-refractivity contribution >= 4 is 33.3 Å². The van der Waals surface area contributed by atoms with E-state index in [9.17, 15) is 0 Å². The van der Waals surface area contributed by atoms with Crippen molar-refractivity contribution in [2.24, 2.45) is 0 Å². The van der Waals surface area contributed by atoms with E-state index in [0.717, 1.165) is 44.9 Å². The first kappa shape index (κ1) is 18.2. The van der Waals surface area contributed by atoms with Crippen molar-refractivity contribution in [3.8, 4) is 22.9 Å². The molecule has 2 aromatic carbocycles. The maximum absolute atomic E-state index is 5.54. The molecule has 0 atom stereocenters. The number of hydrogen-bond acceptors (Lipinski definition) is 6. The van der Waals surface area contributed by atoms with Gasteiger partial charge < -0.3 is 9.47 Å². The molecule has 3 heterocycles. The zero-order chi connectivity index (χ0) is 19.9. The molecule has 0 unspecified atom stereocenters. The van der Waals surface area contributed by atoms with E-state index in [1.807, 2.05) is 35.6 Å². The van der Waals surface area contributed by atoms with Crippen molar-refractivity contribution < 1.29 is 9.47 Å². The van der Waals surface area contributed by atoms with E-state index in [1.54, 1.807) is 11.8 Å². The predicted molar refractivity (Wildman–Crippen MR) is 122 cm³/mol. The van der Waals surface area contributed by atoms with Gasteiger partial charge in [-0.2, -0.15) is 0 Å². The number of ether oxygens (including phenoxy) is 2. The SMILES string of the molecule is c1ccc(-c2nc(SCc3ccc4c(c3)OCO4)c3c4c(sc3n2)CCCC4)cc1. The molecule has 2 aliphatic rings. The molecule has 6 rings (SSSR count). The Morgan fingerprint density at radius 2 is 1.80 bits per heavy atom. The van der Waals surface area contributed by atoms with Crippen LogP contribution in [0.15, 0.2) is 53.6 Å². The van der Waals surface area contributed by atoms with Gasteiger partial charge in [0.05, 0.1) is 0 Å². The first-order valence-corrected chi connectivity index (χ1v) is 12.0. The molecule has 6 heteroatoms. The molecule has 0 bridgehead atoms. The Kier molecular flexibility index (Phi) is 4.61. The van der Waals surface area contributed by atoms with Crippen molar-refractivity contribution in [1.29, 1.82) is 0 Å². The van der Waals surface area contributed by atoms with Crippen LogP contribution in [0.5, 0.6) is 11.5 Å². The van der Waals surface area contributed by atoms with Gasteiger partial charge in [0, 0.05) is 21.6 Å². The molecule has 0 N–H and O–H groups in total. The number of nitrogens with zero attached hydrogens (tertiary/aromatic N) is 2. The Balaban J connectivity index is 1.41. The van der Waals surface area contributed by atoms with Gasteiger partial charge in [-0.25, -0.2) is 9.97 Å². The Hall–Kier alpha value is -2.57. The highest BCUT2D eigenvalue weighted by Crippen LogP contribution is 2.42. The molecule has 0 amide bonds. The number of thioether (sulfide) groups is 1. The Morgan fingerprint density at radius 3 is 2.73 bits per heavy atom. The minimum atomic E-state index is 0.305. The summed E-state index contributed by atoms with van der Waals surface area (Å²) in [6.07, 6.45) is 4.84. The summed E-state index contributed by atoms with van der Waals surface area (Å²) >= 11 is 3.65. The molecule has 0 spiro atoms. The summed E-state index contributed by atoms with van der Waals surface area (Å²) in [5, 5.41) is 2.37.